The minimum absolute atomic E-state index is 0.138. The molecule has 1 aromatic carbocycles. The second-order valence-corrected chi connectivity index (χ2v) is 6.41. The molecule has 3 N–H and O–H groups in total. The normalized spacial score (nSPS) is 18.1. The van der Waals surface area contributed by atoms with Crippen molar-refractivity contribution in [2.45, 2.75) is 31.7 Å². The first kappa shape index (κ1) is 21.3. The van der Waals surface area contributed by atoms with Gasteiger partial charge in [-0.05, 0) is 18.9 Å². The lowest BCUT2D eigenvalue weighted by Crippen LogP contribution is -2.50. The predicted octanol–water partition coefficient (Wildman–Crippen LogP) is 0.638. The van der Waals surface area contributed by atoms with Crippen molar-refractivity contribution >= 4 is 23.5 Å². The number of amides is 2. The van der Waals surface area contributed by atoms with Crippen LogP contribution in [-0.4, -0.2) is 48.6 Å². The summed E-state index contributed by atoms with van der Waals surface area (Å²) in [6.07, 6.45) is 0.304. The first-order valence-electron chi connectivity index (χ1n) is 8.90. The number of benzene rings is 1. The van der Waals surface area contributed by atoms with Gasteiger partial charge >= 0.3 is 5.97 Å². The molecule has 0 bridgehead atoms. The number of nitro benzene ring substituents is 1. The Morgan fingerprint density at radius 1 is 1.36 bits per heavy atom. The lowest BCUT2D eigenvalue weighted by Gasteiger charge is -2.26. The lowest BCUT2D eigenvalue weighted by atomic mass is 9.87. The number of ether oxygens (including phenoxy) is 2. The molecule has 1 heterocycles. The van der Waals surface area contributed by atoms with E-state index in [0.717, 1.165) is 0 Å². The summed E-state index contributed by atoms with van der Waals surface area (Å²) >= 11 is 0. The van der Waals surface area contributed by atoms with E-state index in [4.69, 9.17) is 15.2 Å². The number of esters is 1. The summed E-state index contributed by atoms with van der Waals surface area (Å²) in [4.78, 5) is 46.9. The molecular formula is C18H23N3O7. The van der Waals surface area contributed by atoms with Crippen LogP contribution in [0.5, 0.6) is 0 Å². The predicted molar refractivity (Wildman–Crippen MR) is 97.1 cm³/mol. The van der Waals surface area contributed by atoms with Gasteiger partial charge in [-0.1, -0.05) is 12.1 Å². The quantitative estimate of drug-likeness (QED) is 0.355. The standard InChI is InChI=1S/C18H23N3O7/c1-2-28-15(22)9-14(11-3-5-13(6-4-11)21(25)26)16(17(19)23)20-18(24)12-7-8-27-10-12/h3-6,12,14,16H,2,7-10H2,1H3,(H2,19,23)(H,20,24)/t12-,14-,16-/m0/s1. The fourth-order valence-electron chi connectivity index (χ4n) is 3.05. The highest BCUT2D eigenvalue weighted by molar-refractivity contribution is 5.89. The van der Waals surface area contributed by atoms with Crippen molar-refractivity contribution in [3.63, 3.8) is 0 Å². The Labute approximate surface area is 161 Å². The van der Waals surface area contributed by atoms with E-state index in [2.05, 4.69) is 5.32 Å². The van der Waals surface area contributed by atoms with Gasteiger partial charge in [-0.15, -0.1) is 0 Å². The molecular weight excluding hydrogens is 370 g/mol. The van der Waals surface area contributed by atoms with Crippen molar-refractivity contribution in [3.05, 3.63) is 39.9 Å². The smallest absolute Gasteiger partial charge is 0.306 e. The van der Waals surface area contributed by atoms with E-state index >= 15 is 0 Å². The molecule has 1 aliphatic rings. The summed E-state index contributed by atoms with van der Waals surface area (Å²) in [5, 5.41) is 13.5. The van der Waals surface area contributed by atoms with Crippen LogP contribution in [0.25, 0.3) is 0 Å². The first-order valence-corrected chi connectivity index (χ1v) is 8.90. The molecule has 0 radical (unpaired) electrons. The molecule has 28 heavy (non-hydrogen) atoms. The molecule has 10 nitrogen and oxygen atoms in total. The summed E-state index contributed by atoms with van der Waals surface area (Å²) in [5.41, 5.74) is 5.82. The van der Waals surface area contributed by atoms with Gasteiger partial charge in [0.25, 0.3) is 5.69 Å². The second-order valence-electron chi connectivity index (χ2n) is 6.41. The summed E-state index contributed by atoms with van der Waals surface area (Å²) in [6.45, 7) is 2.50. The Kier molecular flexibility index (Phi) is 7.44. The van der Waals surface area contributed by atoms with Crippen LogP contribution in [0.4, 0.5) is 5.69 Å². The maximum atomic E-state index is 12.4. The van der Waals surface area contributed by atoms with Crippen LogP contribution in [-0.2, 0) is 23.9 Å². The number of carbonyl (C=O) groups excluding carboxylic acids is 3. The molecule has 0 spiro atoms. The number of non-ortho nitro benzene ring substituents is 1. The minimum atomic E-state index is -1.18. The van der Waals surface area contributed by atoms with E-state index in [0.29, 0.717) is 18.6 Å². The van der Waals surface area contributed by atoms with Crippen molar-refractivity contribution < 1.29 is 28.8 Å². The number of nitrogens with zero attached hydrogens (tertiary/aromatic N) is 1. The van der Waals surface area contributed by atoms with Gasteiger partial charge in [0.1, 0.15) is 6.04 Å². The van der Waals surface area contributed by atoms with Gasteiger partial charge in [-0.2, -0.15) is 0 Å². The monoisotopic (exact) mass is 393 g/mol. The van der Waals surface area contributed by atoms with Crippen LogP contribution in [0, 0.1) is 16.0 Å². The van der Waals surface area contributed by atoms with E-state index in [1.807, 2.05) is 0 Å². The first-order chi connectivity index (χ1) is 13.3. The fourth-order valence-corrected chi connectivity index (χ4v) is 3.05. The van der Waals surface area contributed by atoms with Crippen LogP contribution >= 0.6 is 0 Å². The highest BCUT2D eigenvalue weighted by atomic mass is 16.6. The second kappa shape index (κ2) is 9.79. The van der Waals surface area contributed by atoms with E-state index in [9.17, 15) is 24.5 Å². The van der Waals surface area contributed by atoms with Crippen molar-refractivity contribution in [1.82, 2.24) is 5.32 Å². The Bertz CT molecular complexity index is 729. The number of hydrogen-bond acceptors (Lipinski definition) is 7. The summed E-state index contributed by atoms with van der Waals surface area (Å²) in [6, 6.07) is 4.21. The zero-order chi connectivity index (χ0) is 20.7. The summed E-state index contributed by atoms with van der Waals surface area (Å²) in [5.74, 6) is -3.02. The molecule has 0 unspecified atom stereocenters. The molecule has 2 amide bonds. The van der Waals surface area contributed by atoms with Crippen molar-refractivity contribution in [1.29, 1.82) is 0 Å². The lowest BCUT2D eigenvalue weighted by molar-refractivity contribution is -0.384. The highest BCUT2D eigenvalue weighted by Gasteiger charge is 2.34. The minimum Gasteiger partial charge on any atom is -0.466 e. The topological polar surface area (TPSA) is 151 Å². The third kappa shape index (κ3) is 5.49. The van der Waals surface area contributed by atoms with Crippen molar-refractivity contribution in [3.8, 4) is 0 Å². The van der Waals surface area contributed by atoms with Crippen LogP contribution in [0.1, 0.15) is 31.2 Å². The Morgan fingerprint density at radius 3 is 2.54 bits per heavy atom. The van der Waals surface area contributed by atoms with Crippen LogP contribution in [0.3, 0.4) is 0 Å². The zero-order valence-electron chi connectivity index (χ0n) is 15.5. The van der Waals surface area contributed by atoms with Gasteiger partial charge in [0.2, 0.25) is 11.8 Å². The van der Waals surface area contributed by atoms with Gasteiger partial charge in [-0.3, -0.25) is 24.5 Å². The molecule has 1 aromatic rings. The maximum Gasteiger partial charge on any atom is 0.306 e. The molecule has 3 atom stereocenters. The number of nitrogens with two attached hydrogens (primary N) is 1. The molecule has 1 aliphatic heterocycles. The fraction of sp³-hybridized carbons (Fsp3) is 0.500. The third-order valence-corrected chi connectivity index (χ3v) is 4.53. The number of primary amides is 1. The van der Waals surface area contributed by atoms with E-state index in [1.165, 1.54) is 24.3 Å². The van der Waals surface area contributed by atoms with Crippen molar-refractivity contribution in [2.24, 2.45) is 11.7 Å². The molecule has 1 saturated heterocycles. The Hall–Kier alpha value is -3.01. The van der Waals surface area contributed by atoms with Crippen LogP contribution < -0.4 is 11.1 Å². The summed E-state index contributed by atoms with van der Waals surface area (Å²) in [7, 11) is 0. The largest absolute Gasteiger partial charge is 0.466 e. The third-order valence-electron chi connectivity index (χ3n) is 4.53. The summed E-state index contributed by atoms with van der Waals surface area (Å²) < 4.78 is 10.1. The molecule has 10 heteroatoms. The van der Waals surface area contributed by atoms with Gasteiger partial charge < -0.3 is 20.5 Å². The maximum absolute atomic E-state index is 12.4. The zero-order valence-corrected chi connectivity index (χ0v) is 15.5. The number of nitrogens with one attached hydrogen (secondary N) is 1. The van der Waals surface area contributed by atoms with Gasteiger partial charge in [0.05, 0.1) is 30.5 Å². The Balaban J connectivity index is 2.29. The van der Waals surface area contributed by atoms with Crippen LogP contribution in [0.2, 0.25) is 0 Å². The molecule has 2 rings (SSSR count). The van der Waals surface area contributed by atoms with Crippen molar-refractivity contribution in [2.75, 3.05) is 19.8 Å². The number of rotatable bonds is 9. The van der Waals surface area contributed by atoms with Crippen LogP contribution in [0.15, 0.2) is 24.3 Å². The number of carbonyl (C=O) groups is 3. The molecule has 0 aliphatic carbocycles. The SMILES string of the molecule is CCOC(=O)C[C@@H](c1ccc([N+](=O)[O-])cc1)[C@H](NC(=O)[C@H]1CCOC1)C(N)=O. The van der Waals surface area contributed by atoms with Gasteiger partial charge in [-0.25, -0.2) is 0 Å². The van der Waals surface area contributed by atoms with Gasteiger partial charge in [0.15, 0.2) is 0 Å². The molecule has 152 valence electrons. The number of hydrogen-bond donors (Lipinski definition) is 2. The Morgan fingerprint density at radius 2 is 2.04 bits per heavy atom. The molecule has 0 aromatic heterocycles. The average Bonchev–Trinajstić information content (AvgIpc) is 3.19. The van der Waals surface area contributed by atoms with E-state index in [1.54, 1.807) is 6.92 Å². The average molecular weight is 393 g/mol. The van der Waals surface area contributed by atoms with Gasteiger partial charge in [0, 0.05) is 24.7 Å². The molecule has 1 fully saturated rings. The van der Waals surface area contributed by atoms with E-state index < -0.39 is 40.6 Å². The van der Waals surface area contributed by atoms with E-state index in [-0.39, 0.29) is 25.3 Å². The molecule has 0 saturated carbocycles. The highest BCUT2D eigenvalue weighted by Crippen LogP contribution is 2.27. The number of nitro groups is 1.